The second-order valence-electron chi connectivity index (χ2n) is 3.42. The zero-order valence-electron chi connectivity index (χ0n) is 9.02. The fourth-order valence-corrected chi connectivity index (χ4v) is 1.11. The van der Waals surface area contributed by atoms with Gasteiger partial charge >= 0.3 is 6.18 Å². The molecule has 0 fully saturated rings. The highest BCUT2D eigenvalue weighted by Gasteiger charge is 2.35. The van der Waals surface area contributed by atoms with Gasteiger partial charge in [0.2, 0.25) is 0 Å². The third-order valence-corrected chi connectivity index (χ3v) is 1.98. The van der Waals surface area contributed by atoms with Gasteiger partial charge in [-0.05, 0) is 11.6 Å². The Balaban J connectivity index is 2.23. The van der Waals surface area contributed by atoms with Crippen LogP contribution in [-0.4, -0.2) is 24.0 Å². The highest BCUT2D eigenvalue weighted by atomic mass is 19.4. The van der Waals surface area contributed by atoms with E-state index in [2.05, 4.69) is 0 Å². The molecule has 1 rings (SSSR count). The van der Waals surface area contributed by atoms with Crippen LogP contribution in [-0.2, 0) is 11.3 Å². The smallest absolute Gasteiger partial charge is 0.380 e. The molecule has 1 atom stereocenters. The average molecular weight is 246 g/mol. The van der Waals surface area contributed by atoms with Gasteiger partial charge in [0, 0.05) is 0 Å². The Kier molecular flexibility index (Phi) is 5.18. The minimum atomic E-state index is -4.62. The van der Waals surface area contributed by atoms with Gasteiger partial charge in [0.25, 0.3) is 0 Å². The summed E-state index contributed by atoms with van der Waals surface area (Å²) in [7, 11) is 0. The van der Waals surface area contributed by atoms with Crippen molar-refractivity contribution in [3.05, 3.63) is 48.0 Å². The second kappa shape index (κ2) is 6.42. The topological polar surface area (TPSA) is 29.5 Å². The minimum Gasteiger partial charge on any atom is -0.380 e. The Bertz CT molecular complexity index is 347. The van der Waals surface area contributed by atoms with Crippen LogP contribution in [0.1, 0.15) is 5.56 Å². The van der Waals surface area contributed by atoms with Crippen molar-refractivity contribution in [2.45, 2.75) is 18.9 Å². The van der Waals surface area contributed by atoms with E-state index < -0.39 is 12.3 Å². The monoisotopic (exact) mass is 246 g/mol. The van der Waals surface area contributed by atoms with Crippen LogP contribution in [0.2, 0.25) is 0 Å². The fraction of sp³-hybridized carbons (Fsp3) is 0.333. The summed E-state index contributed by atoms with van der Waals surface area (Å²) in [5.74, 6) is 0. The first-order valence-electron chi connectivity index (χ1n) is 5.03. The van der Waals surface area contributed by atoms with Crippen molar-refractivity contribution in [2.24, 2.45) is 0 Å². The first-order chi connectivity index (χ1) is 8.00. The number of rotatable bonds is 5. The molecule has 1 N–H and O–H groups in total. The van der Waals surface area contributed by atoms with Crippen LogP contribution in [0.15, 0.2) is 42.5 Å². The molecule has 1 unspecified atom stereocenters. The van der Waals surface area contributed by atoms with Crippen molar-refractivity contribution in [1.29, 1.82) is 0 Å². The molecule has 0 aliphatic rings. The van der Waals surface area contributed by atoms with E-state index in [0.717, 1.165) is 11.6 Å². The lowest BCUT2D eigenvalue weighted by Gasteiger charge is -2.09. The molecule has 94 valence electrons. The molecule has 2 nitrogen and oxygen atoms in total. The van der Waals surface area contributed by atoms with Crippen LogP contribution >= 0.6 is 0 Å². The molecule has 0 radical (unpaired) electrons. The summed E-state index contributed by atoms with van der Waals surface area (Å²) >= 11 is 0. The summed E-state index contributed by atoms with van der Waals surface area (Å²) in [6.07, 6.45) is -5.22. The van der Waals surface area contributed by atoms with E-state index in [1.807, 2.05) is 30.3 Å². The minimum absolute atomic E-state index is 0.0298. The van der Waals surface area contributed by atoms with E-state index in [1.165, 1.54) is 0 Å². The zero-order valence-corrected chi connectivity index (χ0v) is 9.02. The summed E-state index contributed by atoms with van der Waals surface area (Å²) in [6, 6.07) is 9.27. The number of aliphatic hydroxyl groups excluding tert-OH is 1. The number of halogens is 3. The largest absolute Gasteiger partial charge is 0.417 e. The number of ether oxygens (including phenoxy) is 1. The number of aliphatic hydroxyl groups is 1. The van der Waals surface area contributed by atoms with Gasteiger partial charge in [-0.2, -0.15) is 13.2 Å². The normalized spacial score (nSPS) is 14.1. The van der Waals surface area contributed by atoms with Crippen molar-refractivity contribution in [2.75, 3.05) is 6.61 Å². The van der Waals surface area contributed by atoms with E-state index in [-0.39, 0.29) is 6.61 Å². The van der Waals surface area contributed by atoms with Crippen LogP contribution in [0, 0.1) is 0 Å². The molecule has 0 aliphatic heterocycles. The third kappa shape index (κ3) is 5.51. The maximum Gasteiger partial charge on any atom is 0.417 e. The molecule has 0 heterocycles. The maximum absolute atomic E-state index is 11.9. The first-order valence-corrected chi connectivity index (χ1v) is 5.03. The van der Waals surface area contributed by atoms with Gasteiger partial charge in [0.05, 0.1) is 13.2 Å². The van der Waals surface area contributed by atoms with Gasteiger partial charge in [-0.1, -0.05) is 36.4 Å². The molecule has 1 aromatic carbocycles. The Hall–Kier alpha value is -1.33. The summed E-state index contributed by atoms with van der Waals surface area (Å²) in [6.45, 7) is 0.356. The summed E-state index contributed by atoms with van der Waals surface area (Å²) in [5.41, 5.74) is 0.942. The van der Waals surface area contributed by atoms with E-state index >= 15 is 0 Å². The lowest BCUT2D eigenvalue weighted by Crippen LogP contribution is -2.26. The molecule has 0 amide bonds. The Morgan fingerprint density at radius 2 is 1.88 bits per heavy atom. The van der Waals surface area contributed by atoms with Gasteiger partial charge in [0.15, 0.2) is 6.10 Å². The van der Waals surface area contributed by atoms with Crippen molar-refractivity contribution in [3.63, 3.8) is 0 Å². The highest BCUT2D eigenvalue weighted by Crippen LogP contribution is 2.20. The molecular weight excluding hydrogens is 233 g/mol. The van der Waals surface area contributed by atoms with E-state index in [4.69, 9.17) is 9.84 Å². The quantitative estimate of drug-likeness (QED) is 0.639. The van der Waals surface area contributed by atoms with Crippen molar-refractivity contribution < 1.29 is 23.0 Å². The number of benzene rings is 1. The fourth-order valence-electron chi connectivity index (χ4n) is 1.11. The summed E-state index contributed by atoms with van der Waals surface area (Å²) in [4.78, 5) is 0. The van der Waals surface area contributed by atoms with E-state index in [9.17, 15) is 13.2 Å². The van der Waals surface area contributed by atoms with E-state index in [0.29, 0.717) is 12.7 Å². The summed E-state index contributed by atoms with van der Waals surface area (Å²) < 4.78 is 40.8. The molecule has 5 heteroatoms. The van der Waals surface area contributed by atoms with E-state index in [1.54, 1.807) is 0 Å². The molecule has 0 bridgehead atoms. The second-order valence-corrected chi connectivity index (χ2v) is 3.42. The van der Waals surface area contributed by atoms with Crippen LogP contribution < -0.4 is 0 Å². The standard InChI is InChI=1S/C12H13F3O2/c13-12(14,15)11(16)7-4-8-17-9-10-5-2-1-3-6-10/h1-7,11,16H,8-9H2. The van der Waals surface area contributed by atoms with Gasteiger partial charge in [-0.15, -0.1) is 0 Å². The van der Waals surface area contributed by atoms with Gasteiger partial charge < -0.3 is 9.84 Å². The molecular formula is C12H13F3O2. The Morgan fingerprint density at radius 3 is 2.47 bits per heavy atom. The SMILES string of the molecule is OC(C=CCOCc1ccccc1)C(F)(F)F. The molecule has 1 aromatic rings. The lowest BCUT2D eigenvalue weighted by molar-refractivity contribution is -0.187. The molecule has 0 spiro atoms. The Labute approximate surface area is 97.3 Å². The van der Waals surface area contributed by atoms with Crippen LogP contribution in [0.5, 0.6) is 0 Å². The highest BCUT2D eigenvalue weighted by molar-refractivity contribution is 5.13. The molecule has 17 heavy (non-hydrogen) atoms. The van der Waals surface area contributed by atoms with Crippen LogP contribution in [0.25, 0.3) is 0 Å². The van der Waals surface area contributed by atoms with Gasteiger partial charge in [-0.3, -0.25) is 0 Å². The molecule has 0 saturated carbocycles. The van der Waals surface area contributed by atoms with Crippen LogP contribution in [0.3, 0.4) is 0 Å². The van der Waals surface area contributed by atoms with Crippen molar-refractivity contribution in [3.8, 4) is 0 Å². The number of hydrogen-bond acceptors (Lipinski definition) is 2. The van der Waals surface area contributed by atoms with Gasteiger partial charge in [-0.25, -0.2) is 0 Å². The molecule has 0 saturated heterocycles. The van der Waals surface area contributed by atoms with Crippen LogP contribution in [0.4, 0.5) is 13.2 Å². The van der Waals surface area contributed by atoms with Crippen molar-refractivity contribution >= 4 is 0 Å². The maximum atomic E-state index is 11.9. The Morgan fingerprint density at radius 1 is 1.24 bits per heavy atom. The molecule has 0 aromatic heterocycles. The third-order valence-electron chi connectivity index (χ3n) is 1.98. The van der Waals surface area contributed by atoms with Crippen molar-refractivity contribution in [1.82, 2.24) is 0 Å². The lowest BCUT2D eigenvalue weighted by atomic mass is 10.2. The summed E-state index contributed by atoms with van der Waals surface area (Å²) in [5, 5.41) is 8.63. The first kappa shape index (κ1) is 13.7. The zero-order chi connectivity index (χ0) is 12.7. The average Bonchev–Trinajstić information content (AvgIpc) is 2.28. The molecule has 0 aliphatic carbocycles. The number of hydrogen-bond donors (Lipinski definition) is 1. The predicted molar refractivity (Wildman–Crippen MR) is 57.3 cm³/mol. The predicted octanol–water partition coefficient (Wildman–Crippen LogP) is 2.68. The van der Waals surface area contributed by atoms with Gasteiger partial charge in [0.1, 0.15) is 0 Å². The number of alkyl halides is 3.